The molecule has 1 aliphatic heterocycles. The van der Waals surface area contributed by atoms with Crippen LogP contribution in [0.1, 0.15) is 25.0 Å². The summed E-state index contributed by atoms with van der Waals surface area (Å²) in [4.78, 5) is 2.30. The van der Waals surface area contributed by atoms with Gasteiger partial charge in [0, 0.05) is 33.1 Å². The summed E-state index contributed by atoms with van der Waals surface area (Å²) in [6.07, 6.45) is 13.4. The highest BCUT2D eigenvalue weighted by Crippen LogP contribution is 2.48. The zero-order chi connectivity index (χ0) is 27.7. The van der Waals surface area contributed by atoms with Crippen molar-refractivity contribution in [1.29, 1.82) is 0 Å². The van der Waals surface area contributed by atoms with Crippen molar-refractivity contribution in [2.75, 3.05) is 27.3 Å². The molecule has 0 fully saturated rings. The van der Waals surface area contributed by atoms with E-state index >= 15 is 0 Å². The smallest absolute Gasteiger partial charge is 0.496 e. The molecule has 3 nitrogen and oxygen atoms in total. The van der Waals surface area contributed by atoms with E-state index in [1.807, 2.05) is 24.3 Å². The van der Waals surface area contributed by atoms with Gasteiger partial charge < -0.3 is 26.7 Å². The highest BCUT2D eigenvalue weighted by Gasteiger charge is 2.21. The summed E-state index contributed by atoms with van der Waals surface area (Å²) in [6.45, 7) is 6.38. The first-order valence-corrected chi connectivity index (χ1v) is 13.0. The summed E-state index contributed by atoms with van der Waals surface area (Å²) in [5.74, 6) is 1.74. The Bertz CT molecular complexity index is 1240. The number of hydrogen-bond donors (Lipinski definition) is 0. The molecular formula is C29H30BF4NO2S. The first-order valence-electron chi connectivity index (χ1n) is 12.2. The minimum absolute atomic E-state index is 0.869. The van der Waals surface area contributed by atoms with E-state index in [0.29, 0.717) is 0 Å². The van der Waals surface area contributed by atoms with E-state index in [1.54, 1.807) is 26.0 Å². The van der Waals surface area contributed by atoms with E-state index in [2.05, 4.69) is 79.1 Å². The number of hydrogen-bond acceptors (Lipinski definition) is 3. The molecule has 1 heterocycles. The van der Waals surface area contributed by atoms with Crippen LogP contribution in [0, 0.1) is 0 Å². The lowest BCUT2D eigenvalue weighted by atomic mass is 9.99. The summed E-state index contributed by atoms with van der Waals surface area (Å²) >= 11 is 1.74. The van der Waals surface area contributed by atoms with Gasteiger partial charge in [0.1, 0.15) is 24.6 Å². The highest BCUT2D eigenvalue weighted by molar-refractivity contribution is 8.16. The lowest BCUT2D eigenvalue weighted by Crippen LogP contribution is -2.19. The predicted molar refractivity (Wildman–Crippen MR) is 151 cm³/mol. The molecule has 0 aromatic heterocycles. The second-order valence-electron chi connectivity index (χ2n) is 8.19. The molecule has 1 aliphatic carbocycles. The third-order valence-corrected chi connectivity index (χ3v) is 6.98. The predicted octanol–water partition coefficient (Wildman–Crippen LogP) is 8.05. The number of rotatable bonds is 6. The quantitative estimate of drug-likeness (QED) is 0.209. The van der Waals surface area contributed by atoms with Crippen LogP contribution < -0.4 is 9.47 Å². The Hall–Kier alpha value is -3.46. The maximum Gasteiger partial charge on any atom is 0.673 e. The number of ether oxygens (including phenoxy) is 2. The molecule has 200 valence electrons. The number of halogens is 4. The zero-order valence-corrected chi connectivity index (χ0v) is 22.6. The molecule has 4 rings (SSSR count). The van der Waals surface area contributed by atoms with Crippen LogP contribution in [0.2, 0.25) is 0 Å². The van der Waals surface area contributed by atoms with Crippen molar-refractivity contribution < 1.29 is 31.3 Å². The molecule has 2 aromatic rings. The number of allylic oxidation sites excluding steroid dienone is 8. The molecule has 0 N–H and O–H groups in total. The largest absolute Gasteiger partial charge is 0.673 e. The number of methoxy groups -OCH3 is 2. The molecule has 38 heavy (non-hydrogen) atoms. The average molecular weight is 543 g/mol. The van der Waals surface area contributed by atoms with Gasteiger partial charge in [-0.25, -0.2) is 4.58 Å². The topological polar surface area (TPSA) is 21.5 Å². The van der Waals surface area contributed by atoms with Crippen molar-refractivity contribution in [2.45, 2.75) is 13.8 Å². The summed E-state index contributed by atoms with van der Waals surface area (Å²) < 4.78 is 52.7. The molecule has 0 bridgehead atoms. The third-order valence-electron chi connectivity index (χ3n) is 5.87. The molecule has 2 aliphatic rings. The Labute approximate surface area is 225 Å². The average Bonchev–Trinajstić information content (AvgIpc) is 2.93. The van der Waals surface area contributed by atoms with Crippen molar-refractivity contribution in [2.24, 2.45) is 0 Å². The summed E-state index contributed by atoms with van der Waals surface area (Å²) in [5, 5.41) is 0. The van der Waals surface area contributed by atoms with Crippen LogP contribution in [0.5, 0.6) is 11.5 Å². The van der Waals surface area contributed by atoms with Gasteiger partial charge in [-0.2, -0.15) is 0 Å². The maximum absolute atomic E-state index is 9.75. The molecule has 0 amide bonds. The molecule has 0 saturated heterocycles. The molecule has 9 heteroatoms. The summed E-state index contributed by atoms with van der Waals surface area (Å²) in [5.41, 5.74) is 5.77. The van der Waals surface area contributed by atoms with E-state index in [1.165, 1.54) is 16.9 Å². The van der Waals surface area contributed by atoms with E-state index in [0.717, 1.165) is 45.5 Å². The Kier molecular flexibility index (Phi) is 10.2. The molecule has 0 atom stereocenters. The SMILES string of the molecule is CC[N+](CC)=C1C=CC(=C2C=C(c3ccccc3OC)SC(c3ccccc3OC)=C2)C=C1.F[B-](F)(F)F. The third kappa shape index (κ3) is 7.77. The molecule has 0 unspecified atom stereocenters. The fraction of sp³-hybridized carbons (Fsp3) is 0.207. The standard InChI is InChI=1S/C29H30NO2S.BF4/c1-5-30(6-2)23-17-15-21(16-18-23)22-19-28(24-11-7-9-13-26(24)31-3)33-29(20-22)25-12-8-10-14-27(25)32-4;2-1(3,4)5/h7-20H,5-6H2,1-4H3;/q+1;-1. The molecule has 2 aromatic carbocycles. The van der Waals surface area contributed by atoms with Crippen LogP contribution in [-0.2, 0) is 0 Å². The summed E-state index contributed by atoms with van der Waals surface area (Å²) in [7, 11) is -2.55. The van der Waals surface area contributed by atoms with Crippen molar-refractivity contribution in [3.8, 4) is 11.5 Å². The van der Waals surface area contributed by atoms with Crippen LogP contribution >= 0.6 is 11.8 Å². The Morgan fingerprint density at radius 3 is 1.50 bits per heavy atom. The normalized spacial score (nSPS) is 14.9. The second-order valence-corrected chi connectivity index (χ2v) is 9.27. The first kappa shape index (κ1) is 29.1. The van der Waals surface area contributed by atoms with Crippen molar-refractivity contribution in [1.82, 2.24) is 0 Å². The van der Waals surface area contributed by atoms with Gasteiger partial charge in [0.25, 0.3) is 0 Å². The van der Waals surface area contributed by atoms with Crippen LogP contribution in [0.15, 0.2) is 96.1 Å². The monoisotopic (exact) mass is 543 g/mol. The van der Waals surface area contributed by atoms with E-state index in [4.69, 9.17) is 9.47 Å². The second kappa shape index (κ2) is 13.4. The Balaban J connectivity index is 0.000000732. The van der Waals surface area contributed by atoms with Crippen LogP contribution in [0.4, 0.5) is 17.3 Å². The molecule has 0 saturated carbocycles. The zero-order valence-electron chi connectivity index (χ0n) is 21.8. The molecule has 0 spiro atoms. The lowest BCUT2D eigenvalue weighted by molar-refractivity contribution is -0.519. The summed E-state index contributed by atoms with van der Waals surface area (Å²) in [6, 6.07) is 16.4. The van der Waals surface area contributed by atoms with E-state index in [-0.39, 0.29) is 0 Å². The highest BCUT2D eigenvalue weighted by atomic mass is 32.2. The number of nitrogens with zero attached hydrogens (tertiary/aromatic N) is 1. The van der Waals surface area contributed by atoms with Gasteiger partial charge in [-0.1, -0.05) is 48.2 Å². The van der Waals surface area contributed by atoms with Gasteiger partial charge in [0.05, 0.1) is 14.2 Å². The number of thioether (sulfide) groups is 1. The Morgan fingerprint density at radius 2 is 1.11 bits per heavy atom. The van der Waals surface area contributed by atoms with E-state index in [9.17, 15) is 17.3 Å². The van der Waals surface area contributed by atoms with Crippen LogP contribution in [0.3, 0.4) is 0 Å². The van der Waals surface area contributed by atoms with E-state index < -0.39 is 7.25 Å². The van der Waals surface area contributed by atoms with Gasteiger partial charge in [-0.15, -0.1) is 0 Å². The van der Waals surface area contributed by atoms with Gasteiger partial charge in [-0.05, 0) is 61.4 Å². The number of benzene rings is 2. The molecule has 0 radical (unpaired) electrons. The lowest BCUT2D eigenvalue weighted by Gasteiger charge is -2.21. The first-order chi connectivity index (χ1) is 18.2. The van der Waals surface area contributed by atoms with Gasteiger partial charge in [-0.3, -0.25) is 0 Å². The maximum atomic E-state index is 9.75. The minimum Gasteiger partial charge on any atom is -0.496 e. The fourth-order valence-corrected chi connectivity index (χ4v) is 5.25. The van der Waals surface area contributed by atoms with Crippen molar-refractivity contribution in [3.63, 3.8) is 0 Å². The van der Waals surface area contributed by atoms with Gasteiger partial charge in [0.15, 0.2) is 5.71 Å². The van der Waals surface area contributed by atoms with Gasteiger partial charge in [0.2, 0.25) is 0 Å². The van der Waals surface area contributed by atoms with Gasteiger partial charge >= 0.3 is 7.25 Å². The van der Waals surface area contributed by atoms with Crippen LogP contribution in [0.25, 0.3) is 9.81 Å². The Morgan fingerprint density at radius 1 is 0.684 bits per heavy atom. The van der Waals surface area contributed by atoms with Crippen LogP contribution in [-0.4, -0.2) is 44.9 Å². The fourth-order valence-electron chi connectivity index (χ4n) is 4.08. The molecular weight excluding hydrogens is 513 g/mol. The van der Waals surface area contributed by atoms with Crippen molar-refractivity contribution >= 4 is 34.5 Å². The minimum atomic E-state index is -6.00. The van der Waals surface area contributed by atoms with Crippen molar-refractivity contribution in [3.05, 3.63) is 107 Å². The number of para-hydroxylation sites is 2.